The van der Waals surface area contributed by atoms with Gasteiger partial charge < -0.3 is 9.71 Å². The second kappa shape index (κ2) is 12.6. The molecule has 3 aliphatic heterocycles. The van der Waals surface area contributed by atoms with Crippen LogP contribution in [0, 0.1) is 0 Å². The third kappa shape index (κ3) is 4.63. The minimum absolute atomic E-state index is 0.0329. The number of para-hydroxylation sites is 2. The number of hydrogen-bond donors (Lipinski definition) is 0. The van der Waals surface area contributed by atoms with Crippen molar-refractivity contribution in [3.8, 4) is 11.1 Å². The van der Waals surface area contributed by atoms with Crippen LogP contribution in [0.4, 0.5) is 28.4 Å². The third-order valence-electron chi connectivity index (χ3n) is 13.8. The Balaban J connectivity index is 1.23. The van der Waals surface area contributed by atoms with Crippen molar-refractivity contribution < 1.29 is 0 Å². The van der Waals surface area contributed by atoms with Crippen LogP contribution in [-0.4, -0.2) is 6.85 Å². The van der Waals surface area contributed by atoms with Gasteiger partial charge in [-0.2, -0.15) is 0 Å². The molecule has 13 rings (SSSR count). The van der Waals surface area contributed by atoms with Crippen molar-refractivity contribution in [2.75, 3.05) is 9.71 Å². The van der Waals surface area contributed by atoms with Crippen LogP contribution in [-0.2, 0) is 10.8 Å². The maximum Gasteiger partial charge on any atom is 0.333 e. The molecule has 0 unspecified atom stereocenters. The molecule has 0 bridgehead atoms. The highest BCUT2D eigenvalue weighted by Gasteiger charge is 2.53. The van der Waals surface area contributed by atoms with Crippen molar-refractivity contribution in [1.82, 2.24) is 0 Å². The highest BCUT2D eigenvalue weighted by molar-refractivity contribution is 7.26. The van der Waals surface area contributed by atoms with Gasteiger partial charge in [0.1, 0.15) is 0 Å². The molecule has 10 aromatic rings. The van der Waals surface area contributed by atoms with Gasteiger partial charge in [0.2, 0.25) is 0 Å². The predicted molar refractivity (Wildman–Crippen MR) is 261 cm³/mol. The Bertz CT molecular complexity index is 3380. The van der Waals surface area contributed by atoms with Crippen molar-refractivity contribution in [2.24, 2.45) is 0 Å². The van der Waals surface area contributed by atoms with E-state index in [1.54, 1.807) is 0 Å². The lowest BCUT2D eigenvalue weighted by Gasteiger charge is -2.52. The third-order valence-corrected chi connectivity index (χ3v) is 15.0. The molecule has 0 aliphatic carbocycles. The first kappa shape index (κ1) is 34.9. The minimum Gasteiger partial charge on any atom is -0.375 e. The zero-order chi connectivity index (χ0) is 40.6. The molecule has 0 N–H and O–H groups in total. The molecular weight excluding hydrogens is 756 g/mol. The minimum atomic E-state index is -0.573. The first-order chi connectivity index (χ1) is 29.9. The molecule has 0 atom stereocenters. The SMILES string of the molecule is CC(C)(C)c1ccc(N2B3c4cccc5c4N(c4ccccc4C5(c4ccccc4)c4ccccc4)c4c3c(cc3ccccc43)-c3ccc4c(sc5ccccc54)c32)cc1. The number of rotatable bonds is 3. The Labute approximate surface area is 361 Å². The quantitative estimate of drug-likeness (QED) is 0.164. The van der Waals surface area contributed by atoms with Crippen LogP contribution in [0.15, 0.2) is 194 Å². The van der Waals surface area contributed by atoms with Gasteiger partial charge in [-0.25, -0.2) is 0 Å². The van der Waals surface area contributed by atoms with E-state index in [1.807, 2.05) is 11.3 Å². The molecule has 2 nitrogen and oxygen atoms in total. The van der Waals surface area contributed by atoms with Crippen LogP contribution in [0.2, 0.25) is 0 Å². The fraction of sp³-hybridized carbons (Fsp3) is 0.0877. The van der Waals surface area contributed by atoms with Gasteiger partial charge >= 0.3 is 6.85 Å². The molecule has 0 saturated carbocycles. The van der Waals surface area contributed by atoms with Gasteiger partial charge in [-0.1, -0.05) is 185 Å². The fourth-order valence-corrected chi connectivity index (χ4v) is 12.5. The Kier molecular flexibility index (Phi) is 7.20. The summed E-state index contributed by atoms with van der Waals surface area (Å²) in [6.45, 7) is 6.81. The van der Waals surface area contributed by atoms with Gasteiger partial charge in [0.25, 0.3) is 0 Å². The van der Waals surface area contributed by atoms with Crippen LogP contribution in [0.25, 0.3) is 42.1 Å². The summed E-state index contributed by atoms with van der Waals surface area (Å²) in [6, 6.07) is 73.6. The second-order valence-electron chi connectivity index (χ2n) is 18.0. The molecule has 9 aromatic carbocycles. The molecule has 288 valence electrons. The van der Waals surface area contributed by atoms with E-state index < -0.39 is 5.41 Å². The van der Waals surface area contributed by atoms with Gasteiger partial charge in [0.05, 0.1) is 27.2 Å². The summed E-state index contributed by atoms with van der Waals surface area (Å²) >= 11 is 1.93. The first-order valence-corrected chi connectivity index (χ1v) is 22.3. The molecule has 61 heavy (non-hydrogen) atoms. The lowest BCUT2D eigenvalue weighted by Crippen LogP contribution is -2.62. The summed E-state index contributed by atoms with van der Waals surface area (Å²) in [4.78, 5) is 5.38. The second-order valence-corrected chi connectivity index (χ2v) is 19.0. The number of fused-ring (bicyclic) bond motifs is 12. The standard InChI is InChI=1S/C57H41BN2S/c1-56(2,3)37-29-31-40(32-30-37)60-53-43(33-34-44-42-23-12-15-28-50(42)61-55(44)53)45-35-36-17-10-11-22-41(36)52-51(45)58(60)48-26-16-25-47-54(48)59(52)49-27-14-13-24-46(49)57(47,38-18-6-4-7-19-38)39-20-8-5-9-21-39/h4-35H,1-3H3. The molecule has 0 amide bonds. The first-order valence-electron chi connectivity index (χ1n) is 21.5. The Morgan fingerprint density at radius 3 is 1.92 bits per heavy atom. The number of benzene rings is 9. The average molecular weight is 797 g/mol. The lowest BCUT2D eigenvalue weighted by molar-refractivity contribution is 0.590. The molecule has 0 radical (unpaired) electrons. The van der Waals surface area contributed by atoms with E-state index in [1.165, 1.54) is 109 Å². The Hall–Kier alpha value is -6.88. The normalized spacial score (nSPS) is 14.5. The van der Waals surface area contributed by atoms with Crippen LogP contribution >= 0.6 is 11.3 Å². The van der Waals surface area contributed by atoms with Gasteiger partial charge in [-0.15, -0.1) is 11.3 Å². The molecule has 0 spiro atoms. The van der Waals surface area contributed by atoms with Crippen molar-refractivity contribution in [3.05, 3.63) is 222 Å². The fourth-order valence-electron chi connectivity index (χ4n) is 11.3. The molecule has 1 aromatic heterocycles. The molecular formula is C57H41BN2S. The van der Waals surface area contributed by atoms with Crippen molar-refractivity contribution >= 4 is 88.5 Å². The van der Waals surface area contributed by atoms with Crippen LogP contribution < -0.4 is 20.6 Å². The van der Waals surface area contributed by atoms with Crippen LogP contribution in [0.5, 0.6) is 0 Å². The smallest absolute Gasteiger partial charge is 0.333 e. The summed E-state index contributed by atoms with van der Waals surface area (Å²) in [6.07, 6.45) is 0. The van der Waals surface area contributed by atoms with Gasteiger partial charge in [-0.3, -0.25) is 0 Å². The highest BCUT2D eigenvalue weighted by Crippen LogP contribution is 2.60. The number of nitrogens with zero attached hydrogens (tertiary/aromatic N) is 2. The van der Waals surface area contributed by atoms with Crippen LogP contribution in [0.1, 0.15) is 48.6 Å². The van der Waals surface area contributed by atoms with Crippen molar-refractivity contribution in [2.45, 2.75) is 31.6 Å². The molecule has 0 saturated heterocycles. The summed E-state index contributed by atoms with van der Waals surface area (Å²) in [5, 5.41) is 5.15. The molecule has 4 heterocycles. The van der Waals surface area contributed by atoms with Crippen LogP contribution in [0.3, 0.4) is 0 Å². The zero-order valence-corrected chi connectivity index (χ0v) is 35.2. The van der Waals surface area contributed by atoms with Gasteiger partial charge in [0.15, 0.2) is 0 Å². The monoisotopic (exact) mass is 796 g/mol. The van der Waals surface area contributed by atoms with E-state index in [0.717, 1.165) is 0 Å². The van der Waals surface area contributed by atoms with Crippen molar-refractivity contribution in [3.63, 3.8) is 0 Å². The predicted octanol–water partition coefficient (Wildman–Crippen LogP) is 13.9. The zero-order valence-electron chi connectivity index (χ0n) is 34.4. The van der Waals surface area contributed by atoms with E-state index in [0.29, 0.717) is 0 Å². The maximum atomic E-state index is 2.72. The largest absolute Gasteiger partial charge is 0.375 e. The van der Waals surface area contributed by atoms with E-state index >= 15 is 0 Å². The van der Waals surface area contributed by atoms with E-state index in [4.69, 9.17) is 0 Å². The molecule has 0 fully saturated rings. The topological polar surface area (TPSA) is 6.48 Å². The number of thiophene rings is 1. The highest BCUT2D eigenvalue weighted by atomic mass is 32.1. The van der Waals surface area contributed by atoms with Gasteiger partial charge in [0, 0.05) is 37.8 Å². The Morgan fingerprint density at radius 1 is 0.508 bits per heavy atom. The van der Waals surface area contributed by atoms with E-state index in [-0.39, 0.29) is 12.3 Å². The lowest BCUT2D eigenvalue weighted by atomic mass is 9.42. The van der Waals surface area contributed by atoms with Crippen molar-refractivity contribution in [1.29, 1.82) is 0 Å². The summed E-state index contributed by atoms with van der Waals surface area (Å²) in [7, 11) is 0. The number of anilines is 5. The number of hydrogen-bond acceptors (Lipinski definition) is 3. The van der Waals surface area contributed by atoms with E-state index in [2.05, 4.69) is 225 Å². The maximum absolute atomic E-state index is 2.72. The Morgan fingerprint density at radius 2 is 1.16 bits per heavy atom. The summed E-state index contributed by atoms with van der Waals surface area (Å²) in [5.41, 5.74) is 17.4. The van der Waals surface area contributed by atoms with Gasteiger partial charge in [-0.05, 0) is 85.4 Å². The molecule has 3 aliphatic rings. The molecule has 4 heteroatoms. The summed E-state index contributed by atoms with van der Waals surface area (Å²) in [5.74, 6) is 0. The van der Waals surface area contributed by atoms with E-state index in [9.17, 15) is 0 Å². The summed E-state index contributed by atoms with van der Waals surface area (Å²) < 4.78 is 2.65. The average Bonchev–Trinajstić information content (AvgIpc) is 3.69.